The second-order valence-electron chi connectivity index (χ2n) is 12.5. The van der Waals surface area contributed by atoms with Crippen LogP contribution >= 0.6 is 11.3 Å². The average Bonchev–Trinajstić information content (AvgIpc) is 3.31. The molecule has 0 N–H and O–H groups in total. The van der Waals surface area contributed by atoms with Gasteiger partial charge in [0.25, 0.3) is 0 Å². The van der Waals surface area contributed by atoms with E-state index in [-0.39, 0.29) is 10.8 Å². The number of fused-ring (bicyclic) bond motifs is 6. The zero-order chi connectivity index (χ0) is 25.8. The number of allylic oxidation sites excluding steroid dienone is 5. The molecule has 1 aromatic heterocycles. The van der Waals surface area contributed by atoms with E-state index in [2.05, 4.69) is 124 Å². The van der Waals surface area contributed by atoms with Gasteiger partial charge in [-0.1, -0.05) is 82.3 Å². The summed E-state index contributed by atoms with van der Waals surface area (Å²) in [6, 6.07) is 23.5. The van der Waals surface area contributed by atoms with Gasteiger partial charge >= 0.3 is 0 Å². The van der Waals surface area contributed by atoms with Gasteiger partial charge in [-0.3, -0.25) is 0 Å². The van der Waals surface area contributed by atoms with Crippen molar-refractivity contribution in [1.82, 2.24) is 0 Å². The van der Waals surface area contributed by atoms with Crippen LogP contribution in [0.1, 0.15) is 46.1 Å². The number of anilines is 1. The quantitative estimate of drug-likeness (QED) is 0.246. The van der Waals surface area contributed by atoms with Crippen molar-refractivity contribution in [3.05, 3.63) is 113 Å². The van der Waals surface area contributed by atoms with Crippen molar-refractivity contribution in [2.24, 2.45) is 11.3 Å². The summed E-state index contributed by atoms with van der Waals surface area (Å²) in [5.41, 5.74) is 10.2. The Morgan fingerprint density at radius 1 is 0.868 bits per heavy atom. The zero-order valence-corrected chi connectivity index (χ0v) is 23.4. The van der Waals surface area contributed by atoms with Gasteiger partial charge in [-0.2, -0.15) is 0 Å². The van der Waals surface area contributed by atoms with E-state index in [1.165, 1.54) is 48.2 Å². The predicted octanol–water partition coefficient (Wildman–Crippen LogP) is 9.94. The number of rotatable bonds is 1. The van der Waals surface area contributed by atoms with Crippen molar-refractivity contribution in [2.75, 3.05) is 4.90 Å². The number of hydrogen-bond donors (Lipinski definition) is 0. The molecule has 0 bridgehead atoms. The van der Waals surface area contributed by atoms with Gasteiger partial charge in [0, 0.05) is 42.9 Å². The Balaban J connectivity index is 1.35. The van der Waals surface area contributed by atoms with Crippen molar-refractivity contribution in [2.45, 2.75) is 52.0 Å². The van der Waals surface area contributed by atoms with Crippen LogP contribution in [0, 0.1) is 11.3 Å². The molecule has 3 aromatic carbocycles. The van der Waals surface area contributed by atoms with Crippen LogP contribution in [0.2, 0.25) is 0 Å². The molecule has 3 heterocycles. The van der Waals surface area contributed by atoms with Crippen LogP contribution in [-0.2, 0) is 5.41 Å². The molecule has 188 valence electrons. The van der Waals surface area contributed by atoms with E-state index in [0.29, 0.717) is 12.0 Å². The largest absolute Gasteiger partial charge is 0.333 e. The summed E-state index contributed by atoms with van der Waals surface area (Å²) in [5.74, 6) is 0.481. The van der Waals surface area contributed by atoms with Gasteiger partial charge in [-0.15, -0.1) is 11.3 Å². The Morgan fingerprint density at radius 3 is 2.55 bits per heavy atom. The number of thiophene rings is 1. The third kappa shape index (κ3) is 2.87. The summed E-state index contributed by atoms with van der Waals surface area (Å²) in [7, 11) is 0. The van der Waals surface area contributed by atoms with Gasteiger partial charge in [0.05, 0.1) is 6.04 Å². The fourth-order valence-electron chi connectivity index (χ4n) is 7.84. The van der Waals surface area contributed by atoms with Crippen molar-refractivity contribution in [3.8, 4) is 11.1 Å². The summed E-state index contributed by atoms with van der Waals surface area (Å²) in [6.45, 7) is 9.84. The summed E-state index contributed by atoms with van der Waals surface area (Å²) < 4.78 is 2.72. The van der Waals surface area contributed by atoms with E-state index >= 15 is 0 Å². The second-order valence-corrected chi connectivity index (χ2v) is 13.6. The molecule has 2 aliphatic heterocycles. The fraction of sp³-hybridized carbons (Fsp3) is 0.278. The average molecular weight is 512 g/mol. The molecule has 38 heavy (non-hydrogen) atoms. The van der Waals surface area contributed by atoms with Crippen LogP contribution in [0.5, 0.6) is 0 Å². The van der Waals surface area contributed by atoms with Crippen LogP contribution in [-0.4, -0.2) is 6.04 Å². The number of hydrogen-bond acceptors (Lipinski definition) is 2. The lowest BCUT2D eigenvalue weighted by molar-refractivity contribution is 0.241. The molecule has 4 aliphatic rings. The lowest BCUT2D eigenvalue weighted by Gasteiger charge is -2.59. The monoisotopic (exact) mass is 511 g/mol. The topological polar surface area (TPSA) is 3.24 Å². The summed E-state index contributed by atoms with van der Waals surface area (Å²) in [4.78, 5) is 2.70. The van der Waals surface area contributed by atoms with Crippen LogP contribution in [0.3, 0.4) is 0 Å². The normalized spacial score (nSPS) is 24.3. The van der Waals surface area contributed by atoms with Crippen molar-refractivity contribution in [1.29, 1.82) is 0 Å². The highest BCUT2D eigenvalue weighted by Crippen LogP contribution is 2.59. The molecular formula is C36H33NS. The minimum absolute atomic E-state index is 0.0405. The van der Waals surface area contributed by atoms with Gasteiger partial charge < -0.3 is 4.90 Å². The maximum Gasteiger partial charge on any atom is 0.0634 e. The lowest BCUT2D eigenvalue weighted by atomic mass is 9.56. The van der Waals surface area contributed by atoms with Gasteiger partial charge in [0.15, 0.2) is 0 Å². The molecule has 2 unspecified atom stereocenters. The molecule has 4 aromatic rings. The highest BCUT2D eigenvalue weighted by molar-refractivity contribution is 7.25. The maximum atomic E-state index is 2.70. The molecular weight excluding hydrogens is 478 g/mol. The highest BCUT2D eigenvalue weighted by atomic mass is 32.1. The van der Waals surface area contributed by atoms with Crippen molar-refractivity contribution in [3.63, 3.8) is 0 Å². The third-order valence-corrected chi connectivity index (χ3v) is 11.1. The first kappa shape index (κ1) is 22.6. The molecule has 2 atom stereocenters. The number of benzene rings is 3. The van der Waals surface area contributed by atoms with Crippen molar-refractivity contribution >= 4 is 37.2 Å². The van der Waals surface area contributed by atoms with Gasteiger partial charge in [0.2, 0.25) is 0 Å². The molecule has 0 saturated carbocycles. The summed E-state index contributed by atoms with van der Waals surface area (Å²) in [5, 5.41) is 2.73. The highest BCUT2D eigenvalue weighted by Gasteiger charge is 2.54. The summed E-state index contributed by atoms with van der Waals surface area (Å²) >= 11 is 1.89. The Morgan fingerprint density at radius 2 is 1.66 bits per heavy atom. The van der Waals surface area contributed by atoms with Crippen LogP contribution < -0.4 is 4.90 Å². The van der Waals surface area contributed by atoms with E-state index in [1.807, 2.05) is 11.3 Å². The molecule has 0 radical (unpaired) electrons. The van der Waals surface area contributed by atoms with E-state index in [0.717, 1.165) is 12.8 Å². The second kappa shape index (κ2) is 7.61. The summed E-state index contributed by atoms with van der Waals surface area (Å²) in [6.07, 6.45) is 14.4. The van der Waals surface area contributed by atoms with Gasteiger partial charge in [-0.25, -0.2) is 0 Å². The molecule has 1 nitrogen and oxygen atoms in total. The first-order valence-electron chi connectivity index (χ1n) is 14.0. The Labute approximate surface area is 229 Å². The molecule has 0 saturated heterocycles. The molecule has 2 heteroatoms. The zero-order valence-electron chi connectivity index (χ0n) is 22.6. The van der Waals surface area contributed by atoms with E-state index < -0.39 is 0 Å². The van der Waals surface area contributed by atoms with Gasteiger partial charge in [0.1, 0.15) is 0 Å². The smallest absolute Gasteiger partial charge is 0.0634 e. The van der Waals surface area contributed by atoms with Gasteiger partial charge in [-0.05, 0) is 82.5 Å². The molecule has 0 amide bonds. The minimum Gasteiger partial charge on any atom is -0.333 e. The molecule has 0 fully saturated rings. The first-order chi connectivity index (χ1) is 18.4. The molecule has 0 spiro atoms. The third-order valence-electron chi connectivity index (χ3n) is 9.91. The minimum atomic E-state index is -0.0405. The van der Waals surface area contributed by atoms with Crippen LogP contribution in [0.25, 0.3) is 31.3 Å². The maximum absolute atomic E-state index is 2.70. The standard InChI is InChI=1S/C36H33NS/c1-35(2)26-11-6-7-14-30(26)37-31-18-16-23(21-29(31)36(3,4)28-13-9-12-27(35)34(28)37)22-17-19-33-25(20-22)24-10-5-8-15-32(24)38-33/h5,7-10,12-21,27,34H,6,11H2,1-4H3. The molecule has 2 aliphatic carbocycles. The first-order valence-corrected chi connectivity index (χ1v) is 14.8. The van der Waals surface area contributed by atoms with Crippen LogP contribution in [0.4, 0.5) is 5.69 Å². The SMILES string of the molecule is CC1(C)C2=CC=CC3C2N(C2=C(CCC=C2)C3(C)C)c2ccc(-c3ccc4sc5ccccc5c4c3)cc21. The number of nitrogens with zero attached hydrogens (tertiary/aromatic N) is 1. The van der Waals surface area contributed by atoms with Crippen LogP contribution in [0.15, 0.2) is 108 Å². The molecule has 8 rings (SSSR count). The van der Waals surface area contributed by atoms with E-state index in [1.54, 1.807) is 11.1 Å². The van der Waals surface area contributed by atoms with E-state index in [9.17, 15) is 0 Å². The fourth-order valence-corrected chi connectivity index (χ4v) is 8.92. The Bertz CT molecular complexity index is 1790. The lowest BCUT2D eigenvalue weighted by Crippen LogP contribution is -2.57. The Hall–Kier alpha value is -3.36. The Kier molecular flexibility index (Phi) is 4.53. The predicted molar refractivity (Wildman–Crippen MR) is 164 cm³/mol. The van der Waals surface area contributed by atoms with E-state index in [4.69, 9.17) is 0 Å². The van der Waals surface area contributed by atoms with Crippen molar-refractivity contribution < 1.29 is 0 Å².